The Morgan fingerprint density at radius 3 is 2.54 bits per heavy atom. The van der Waals surface area contributed by atoms with E-state index in [2.05, 4.69) is 11.8 Å². The van der Waals surface area contributed by atoms with Crippen LogP contribution in [0.5, 0.6) is 0 Å². The van der Waals surface area contributed by atoms with Gasteiger partial charge in [0.25, 0.3) is 0 Å². The van der Waals surface area contributed by atoms with Crippen LogP contribution >= 0.6 is 0 Å². The summed E-state index contributed by atoms with van der Waals surface area (Å²) in [6, 6.07) is 1.25. The predicted molar refractivity (Wildman–Crippen MR) is 49.5 cm³/mol. The first kappa shape index (κ1) is 9.00. The molecule has 2 aliphatic rings. The summed E-state index contributed by atoms with van der Waals surface area (Å²) >= 11 is 0. The maximum atomic E-state index is 10.7. The van der Waals surface area contributed by atoms with E-state index in [1.165, 1.54) is 13.0 Å². The Kier molecular flexibility index (Phi) is 2.28. The molecular formula is C10H17NO2. The Hall–Kier alpha value is -0.570. The molecule has 0 radical (unpaired) electrons. The van der Waals surface area contributed by atoms with Crippen molar-refractivity contribution in [1.82, 2.24) is 4.90 Å². The molecule has 1 saturated heterocycles. The zero-order valence-corrected chi connectivity index (χ0v) is 8.07. The number of carbonyl (C=O) groups is 1. The van der Waals surface area contributed by atoms with Crippen molar-refractivity contribution in [2.45, 2.75) is 44.7 Å². The first-order chi connectivity index (χ1) is 6.18. The van der Waals surface area contributed by atoms with E-state index in [4.69, 9.17) is 5.11 Å². The van der Waals surface area contributed by atoms with Crippen LogP contribution in [0.1, 0.15) is 32.6 Å². The molecule has 2 rings (SSSR count). The second-order valence-corrected chi connectivity index (χ2v) is 4.38. The van der Waals surface area contributed by atoms with Crippen LogP contribution in [0.2, 0.25) is 0 Å². The summed E-state index contributed by atoms with van der Waals surface area (Å²) in [6.45, 7) is 3.41. The topological polar surface area (TPSA) is 40.5 Å². The van der Waals surface area contributed by atoms with Crippen molar-refractivity contribution >= 4 is 5.97 Å². The van der Waals surface area contributed by atoms with Gasteiger partial charge in [-0.15, -0.1) is 0 Å². The van der Waals surface area contributed by atoms with Crippen LogP contribution < -0.4 is 0 Å². The standard InChI is InChI=1S/C10H17NO2/c1-7-4-5-11(7)9-3-2-8(6-9)10(12)13/h7-9H,2-6H2,1H3,(H,12,13)/t7?,8-,9+/m1/s1. The predicted octanol–water partition coefficient (Wildman–Crippen LogP) is 1.33. The van der Waals surface area contributed by atoms with Gasteiger partial charge >= 0.3 is 5.97 Å². The van der Waals surface area contributed by atoms with E-state index in [0.29, 0.717) is 12.1 Å². The SMILES string of the molecule is CC1CCN1[C@H]1CC[C@@H](C(=O)O)C1. The largest absolute Gasteiger partial charge is 0.481 e. The summed E-state index contributed by atoms with van der Waals surface area (Å²) in [5.74, 6) is -0.673. The quantitative estimate of drug-likeness (QED) is 0.702. The van der Waals surface area contributed by atoms with Crippen molar-refractivity contribution in [2.24, 2.45) is 5.92 Å². The lowest BCUT2D eigenvalue weighted by molar-refractivity contribution is -0.141. The first-order valence-electron chi connectivity index (χ1n) is 5.17. The van der Waals surface area contributed by atoms with Gasteiger partial charge in [0.2, 0.25) is 0 Å². The monoisotopic (exact) mass is 183 g/mol. The zero-order chi connectivity index (χ0) is 9.42. The average molecular weight is 183 g/mol. The summed E-state index contributed by atoms with van der Waals surface area (Å²) in [5, 5.41) is 8.85. The molecule has 1 saturated carbocycles. The average Bonchev–Trinajstić information content (AvgIpc) is 2.50. The third-order valence-corrected chi connectivity index (χ3v) is 3.59. The van der Waals surface area contributed by atoms with Gasteiger partial charge in [0, 0.05) is 18.6 Å². The van der Waals surface area contributed by atoms with Gasteiger partial charge < -0.3 is 5.11 Å². The van der Waals surface area contributed by atoms with Crippen molar-refractivity contribution in [3.8, 4) is 0 Å². The highest BCUT2D eigenvalue weighted by molar-refractivity contribution is 5.70. The molecule has 0 aromatic heterocycles. The molecule has 0 spiro atoms. The van der Waals surface area contributed by atoms with Crippen LogP contribution in [-0.4, -0.2) is 34.6 Å². The number of likely N-dealkylation sites (tertiary alicyclic amines) is 1. The molecule has 1 aliphatic heterocycles. The molecule has 0 bridgehead atoms. The Morgan fingerprint density at radius 2 is 2.15 bits per heavy atom. The number of nitrogens with zero attached hydrogens (tertiary/aromatic N) is 1. The molecule has 3 atom stereocenters. The molecule has 1 unspecified atom stereocenters. The highest BCUT2D eigenvalue weighted by Crippen LogP contribution is 2.34. The van der Waals surface area contributed by atoms with Crippen LogP contribution in [0.3, 0.4) is 0 Å². The van der Waals surface area contributed by atoms with Gasteiger partial charge in [-0.3, -0.25) is 9.69 Å². The minimum Gasteiger partial charge on any atom is -0.481 e. The summed E-state index contributed by atoms with van der Waals surface area (Å²) in [4.78, 5) is 13.2. The van der Waals surface area contributed by atoms with Crippen LogP contribution in [-0.2, 0) is 4.79 Å². The van der Waals surface area contributed by atoms with Crippen molar-refractivity contribution < 1.29 is 9.90 Å². The summed E-state index contributed by atoms with van der Waals surface area (Å²) < 4.78 is 0. The number of carboxylic acids is 1. The number of hydrogen-bond acceptors (Lipinski definition) is 2. The van der Waals surface area contributed by atoms with Crippen LogP contribution in [0, 0.1) is 5.92 Å². The molecule has 3 nitrogen and oxygen atoms in total. The van der Waals surface area contributed by atoms with Gasteiger partial charge in [-0.1, -0.05) is 0 Å². The van der Waals surface area contributed by atoms with Gasteiger partial charge in [-0.2, -0.15) is 0 Å². The number of hydrogen-bond donors (Lipinski definition) is 1. The fourth-order valence-electron chi connectivity index (χ4n) is 2.56. The minimum absolute atomic E-state index is 0.0715. The van der Waals surface area contributed by atoms with Crippen LogP contribution in [0.4, 0.5) is 0 Å². The van der Waals surface area contributed by atoms with E-state index in [1.54, 1.807) is 0 Å². The number of aliphatic carboxylic acids is 1. The maximum absolute atomic E-state index is 10.7. The highest BCUT2D eigenvalue weighted by Gasteiger charge is 2.37. The Labute approximate surface area is 78.7 Å². The van der Waals surface area contributed by atoms with Crippen LogP contribution in [0.25, 0.3) is 0 Å². The molecule has 0 aromatic rings. The van der Waals surface area contributed by atoms with Crippen molar-refractivity contribution in [3.63, 3.8) is 0 Å². The molecule has 1 heterocycles. The van der Waals surface area contributed by atoms with E-state index in [9.17, 15) is 4.79 Å². The lowest BCUT2D eigenvalue weighted by Gasteiger charge is -2.43. The van der Waals surface area contributed by atoms with Gasteiger partial charge in [0.1, 0.15) is 0 Å². The molecule has 74 valence electrons. The molecule has 1 N–H and O–H groups in total. The second-order valence-electron chi connectivity index (χ2n) is 4.38. The zero-order valence-electron chi connectivity index (χ0n) is 8.07. The Bertz CT molecular complexity index is 217. The van der Waals surface area contributed by atoms with Crippen molar-refractivity contribution in [3.05, 3.63) is 0 Å². The summed E-state index contributed by atoms with van der Waals surface area (Å²) in [6.07, 6.45) is 4.12. The smallest absolute Gasteiger partial charge is 0.306 e. The molecular weight excluding hydrogens is 166 g/mol. The molecule has 3 heteroatoms. The lowest BCUT2D eigenvalue weighted by Crippen LogP contribution is -2.50. The van der Waals surface area contributed by atoms with Gasteiger partial charge in [-0.05, 0) is 32.6 Å². The first-order valence-corrected chi connectivity index (χ1v) is 5.17. The number of rotatable bonds is 2. The van der Waals surface area contributed by atoms with Gasteiger partial charge in [0.15, 0.2) is 0 Å². The van der Waals surface area contributed by atoms with E-state index in [0.717, 1.165) is 19.3 Å². The van der Waals surface area contributed by atoms with Crippen molar-refractivity contribution in [2.75, 3.05) is 6.54 Å². The third kappa shape index (κ3) is 1.57. The Morgan fingerprint density at radius 1 is 1.38 bits per heavy atom. The van der Waals surface area contributed by atoms with E-state index in [-0.39, 0.29) is 5.92 Å². The lowest BCUT2D eigenvalue weighted by atomic mass is 10.00. The van der Waals surface area contributed by atoms with Crippen LogP contribution in [0.15, 0.2) is 0 Å². The number of carboxylic acid groups (broad SMARTS) is 1. The second kappa shape index (κ2) is 3.29. The van der Waals surface area contributed by atoms with Gasteiger partial charge in [0.05, 0.1) is 5.92 Å². The molecule has 0 amide bonds. The highest BCUT2D eigenvalue weighted by atomic mass is 16.4. The molecule has 2 fully saturated rings. The Balaban J connectivity index is 1.87. The fraction of sp³-hybridized carbons (Fsp3) is 0.900. The fourth-order valence-corrected chi connectivity index (χ4v) is 2.56. The molecule has 1 aliphatic carbocycles. The minimum atomic E-state index is -0.601. The molecule has 0 aromatic carbocycles. The summed E-state index contributed by atoms with van der Waals surface area (Å²) in [5.41, 5.74) is 0. The van der Waals surface area contributed by atoms with E-state index < -0.39 is 5.97 Å². The van der Waals surface area contributed by atoms with E-state index >= 15 is 0 Å². The maximum Gasteiger partial charge on any atom is 0.306 e. The summed E-state index contributed by atoms with van der Waals surface area (Å²) in [7, 11) is 0. The van der Waals surface area contributed by atoms with Crippen molar-refractivity contribution in [1.29, 1.82) is 0 Å². The van der Waals surface area contributed by atoms with E-state index in [1.807, 2.05) is 0 Å². The molecule has 13 heavy (non-hydrogen) atoms. The van der Waals surface area contributed by atoms with Gasteiger partial charge in [-0.25, -0.2) is 0 Å². The normalized spacial score (nSPS) is 40.2. The third-order valence-electron chi connectivity index (χ3n) is 3.59.